The second-order valence-electron chi connectivity index (χ2n) is 7.62. The highest BCUT2D eigenvalue weighted by Gasteiger charge is 2.40. The average molecular weight is 344 g/mol. The molecule has 2 amide bonds. The number of aliphatic hydroxyl groups is 1. The number of aryl methyl sites for hydroxylation is 2. The third kappa shape index (κ3) is 4.40. The number of aliphatic hydroxyl groups excluding tert-OH is 1. The predicted molar refractivity (Wildman–Crippen MR) is 95.8 cm³/mol. The highest BCUT2D eigenvalue weighted by atomic mass is 16.3. The maximum Gasteiger partial charge on any atom is 0.248 e. The van der Waals surface area contributed by atoms with E-state index in [1.165, 1.54) is 11.1 Å². The highest BCUT2D eigenvalue weighted by molar-refractivity contribution is 5.90. The maximum atomic E-state index is 13.1. The molecule has 2 unspecified atom stereocenters. The van der Waals surface area contributed by atoms with Gasteiger partial charge < -0.3 is 15.3 Å². The van der Waals surface area contributed by atoms with Gasteiger partial charge in [0.05, 0.1) is 6.10 Å². The van der Waals surface area contributed by atoms with Gasteiger partial charge in [-0.15, -0.1) is 0 Å². The molecule has 0 aromatic heterocycles. The van der Waals surface area contributed by atoms with Crippen LogP contribution in [0.1, 0.15) is 49.3 Å². The largest absolute Gasteiger partial charge is 0.391 e. The molecule has 2 aliphatic rings. The van der Waals surface area contributed by atoms with Crippen LogP contribution in [0.25, 0.3) is 0 Å². The lowest BCUT2D eigenvalue weighted by Gasteiger charge is -2.29. The van der Waals surface area contributed by atoms with E-state index in [9.17, 15) is 14.7 Å². The van der Waals surface area contributed by atoms with Crippen molar-refractivity contribution in [1.82, 2.24) is 10.2 Å². The van der Waals surface area contributed by atoms with Crippen molar-refractivity contribution >= 4 is 11.8 Å². The quantitative estimate of drug-likeness (QED) is 0.795. The second kappa shape index (κ2) is 7.16. The molecule has 2 saturated carbocycles. The molecule has 0 heterocycles. The van der Waals surface area contributed by atoms with Crippen molar-refractivity contribution in [2.75, 3.05) is 0 Å². The van der Waals surface area contributed by atoms with Crippen LogP contribution in [0.15, 0.2) is 18.2 Å². The van der Waals surface area contributed by atoms with Gasteiger partial charge in [-0.25, -0.2) is 0 Å². The van der Waals surface area contributed by atoms with Crippen LogP contribution in [0.3, 0.4) is 0 Å². The van der Waals surface area contributed by atoms with Gasteiger partial charge in [0.25, 0.3) is 0 Å². The van der Waals surface area contributed by atoms with Crippen molar-refractivity contribution in [3.05, 3.63) is 34.9 Å². The number of nitrogens with one attached hydrogen (secondary N) is 1. The molecule has 1 aromatic rings. The van der Waals surface area contributed by atoms with Crippen LogP contribution in [0, 0.1) is 19.8 Å². The highest BCUT2D eigenvalue weighted by Crippen LogP contribution is 2.31. The van der Waals surface area contributed by atoms with Crippen molar-refractivity contribution in [2.45, 2.75) is 71.2 Å². The van der Waals surface area contributed by atoms with Gasteiger partial charge in [-0.3, -0.25) is 9.59 Å². The Balaban J connectivity index is 1.74. The smallest absolute Gasteiger partial charge is 0.248 e. The topological polar surface area (TPSA) is 69.6 Å². The van der Waals surface area contributed by atoms with Gasteiger partial charge in [0.15, 0.2) is 0 Å². The molecule has 0 spiro atoms. The minimum Gasteiger partial charge on any atom is -0.391 e. The normalized spacial score (nSPS) is 19.2. The van der Waals surface area contributed by atoms with E-state index in [1.807, 2.05) is 11.0 Å². The Morgan fingerprint density at radius 1 is 1.20 bits per heavy atom. The summed E-state index contributed by atoms with van der Waals surface area (Å²) in [5.41, 5.74) is 3.52. The van der Waals surface area contributed by atoms with Crippen LogP contribution in [0.4, 0.5) is 0 Å². The molecule has 25 heavy (non-hydrogen) atoms. The summed E-state index contributed by atoms with van der Waals surface area (Å²) >= 11 is 0. The number of rotatable bonds is 7. The molecule has 2 fully saturated rings. The monoisotopic (exact) mass is 344 g/mol. The summed E-state index contributed by atoms with van der Waals surface area (Å²) < 4.78 is 0. The van der Waals surface area contributed by atoms with E-state index in [2.05, 4.69) is 31.3 Å². The summed E-state index contributed by atoms with van der Waals surface area (Å²) in [6.07, 6.45) is 2.82. The second-order valence-corrected chi connectivity index (χ2v) is 7.62. The first-order valence-corrected chi connectivity index (χ1v) is 9.22. The van der Waals surface area contributed by atoms with E-state index in [1.54, 1.807) is 6.92 Å². The van der Waals surface area contributed by atoms with Gasteiger partial charge in [0, 0.05) is 18.5 Å². The van der Waals surface area contributed by atoms with Gasteiger partial charge >= 0.3 is 0 Å². The minimum atomic E-state index is -0.906. The van der Waals surface area contributed by atoms with Gasteiger partial charge in [0.1, 0.15) is 6.04 Å². The summed E-state index contributed by atoms with van der Waals surface area (Å²) in [4.78, 5) is 27.0. The van der Waals surface area contributed by atoms with E-state index in [-0.39, 0.29) is 23.8 Å². The Labute approximate surface area is 149 Å². The number of carbonyl (C=O) groups is 2. The van der Waals surface area contributed by atoms with Gasteiger partial charge in [-0.05, 0) is 63.1 Å². The molecule has 2 atom stereocenters. The molecular weight excluding hydrogens is 316 g/mol. The van der Waals surface area contributed by atoms with Crippen LogP contribution in [0.2, 0.25) is 0 Å². The molecule has 0 aliphatic heterocycles. The van der Waals surface area contributed by atoms with Crippen LogP contribution in [0.5, 0.6) is 0 Å². The number of nitrogens with zero attached hydrogens (tertiary/aromatic N) is 1. The van der Waals surface area contributed by atoms with E-state index >= 15 is 0 Å². The van der Waals surface area contributed by atoms with Crippen LogP contribution in [-0.2, 0) is 16.1 Å². The van der Waals surface area contributed by atoms with Crippen molar-refractivity contribution in [3.63, 3.8) is 0 Å². The van der Waals surface area contributed by atoms with Gasteiger partial charge in [0.2, 0.25) is 11.8 Å². The Morgan fingerprint density at radius 2 is 1.88 bits per heavy atom. The third-order valence-corrected chi connectivity index (χ3v) is 5.19. The molecule has 2 aliphatic carbocycles. The van der Waals surface area contributed by atoms with Crippen LogP contribution >= 0.6 is 0 Å². The lowest BCUT2D eigenvalue weighted by molar-refractivity contribution is -0.140. The van der Waals surface area contributed by atoms with Crippen LogP contribution < -0.4 is 5.32 Å². The van der Waals surface area contributed by atoms with E-state index < -0.39 is 12.1 Å². The summed E-state index contributed by atoms with van der Waals surface area (Å²) in [7, 11) is 0. The number of benzene rings is 1. The molecular formula is C20H28N2O3. The molecule has 0 bridgehead atoms. The Morgan fingerprint density at radius 3 is 2.40 bits per heavy atom. The van der Waals surface area contributed by atoms with Crippen molar-refractivity contribution in [3.8, 4) is 0 Å². The minimum absolute atomic E-state index is 0.0168. The Kier molecular flexibility index (Phi) is 5.13. The molecule has 5 nitrogen and oxygen atoms in total. The molecule has 136 valence electrons. The standard InChI is InChI=1S/C20H28N2O3/c1-12-4-5-15(10-13(12)2)11-22(17-8-9-17)20(25)18(14(3)23)21-19(24)16-6-7-16/h4-5,10,14,16-18,23H,6-9,11H2,1-3H3,(H,21,24). The van der Waals surface area contributed by atoms with Gasteiger partial charge in [-0.1, -0.05) is 18.2 Å². The fourth-order valence-corrected chi connectivity index (χ4v) is 3.06. The van der Waals surface area contributed by atoms with Crippen molar-refractivity contribution < 1.29 is 14.7 Å². The summed E-state index contributed by atoms with van der Waals surface area (Å²) in [6, 6.07) is 5.58. The van der Waals surface area contributed by atoms with E-state index in [0.717, 1.165) is 31.2 Å². The molecule has 3 rings (SSSR count). The summed E-state index contributed by atoms with van der Waals surface area (Å²) in [5.74, 6) is -0.269. The average Bonchev–Trinajstić information content (AvgIpc) is 3.44. The zero-order valence-corrected chi connectivity index (χ0v) is 15.3. The Bertz CT molecular complexity index is 663. The third-order valence-electron chi connectivity index (χ3n) is 5.19. The number of hydrogen-bond acceptors (Lipinski definition) is 3. The maximum absolute atomic E-state index is 13.1. The number of amides is 2. The lowest BCUT2D eigenvalue weighted by atomic mass is 10.0. The Hall–Kier alpha value is -1.88. The summed E-state index contributed by atoms with van der Waals surface area (Å²) in [6.45, 7) is 6.22. The van der Waals surface area contributed by atoms with Gasteiger partial charge in [-0.2, -0.15) is 0 Å². The predicted octanol–water partition coefficient (Wildman–Crippen LogP) is 2.07. The fraction of sp³-hybridized carbons (Fsp3) is 0.600. The van der Waals surface area contributed by atoms with Crippen molar-refractivity contribution in [2.24, 2.45) is 5.92 Å². The number of carbonyl (C=O) groups excluding carboxylic acids is 2. The zero-order valence-electron chi connectivity index (χ0n) is 15.3. The van der Waals surface area contributed by atoms with Crippen LogP contribution in [-0.4, -0.2) is 40.0 Å². The number of hydrogen-bond donors (Lipinski definition) is 2. The van der Waals surface area contributed by atoms with E-state index in [0.29, 0.717) is 6.54 Å². The molecule has 5 heteroatoms. The lowest BCUT2D eigenvalue weighted by Crippen LogP contribution is -2.54. The first kappa shape index (κ1) is 17.9. The SMILES string of the molecule is Cc1ccc(CN(C(=O)C(NC(=O)C2CC2)C(C)O)C2CC2)cc1C. The van der Waals surface area contributed by atoms with Crippen molar-refractivity contribution in [1.29, 1.82) is 0 Å². The zero-order chi connectivity index (χ0) is 18.1. The first-order valence-electron chi connectivity index (χ1n) is 9.22. The molecule has 0 radical (unpaired) electrons. The fourth-order valence-electron chi connectivity index (χ4n) is 3.06. The van der Waals surface area contributed by atoms with E-state index in [4.69, 9.17) is 0 Å². The molecule has 1 aromatic carbocycles. The molecule has 0 saturated heterocycles. The summed E-state index contributed by atoms with van der Waals surface area (Å²) in [5, 5.41) is 12.8. The molecule has 2 N–H and O–H groups in total. The first-order chi connectivity index (χ1) is 11.9.